The molecule has 0 unspecified atom stereocenters. The Bertz CT molecular complexity index is 1020. The molecule has 0 bridgehead atoms. The molecule has 2 aliphatic rings. The highest BCUT2D eigenvalue weighted by Gasteiger charge is 2.48. The van der Waals surface area contributed by atoms with Gasteiger partial charge < -0.3 is 10.1 Å². The predicted octanol–water partition coefficient (Wildman–Crippen LogP) is 3.57. The number of fused-ring (bicyclic) bond motifs is 2. The van der Waals surface area contributed by atoms with E-state index in [4.69, 9.17) is 4.74 Å². The highest BCUT2D eigenvalue weighted by Crippen LogP contribution is 2.49. The van der Waals surface area contributed by atoms with Gasteiger partial charge in [-0.1, -0.05) is 12.8 Å². The molecule has 1 heterocycles. The molecule has 1 saturated carbocycles. The third kappa shape index (κ3) is 2.86. The number of rotatable bonds is 4. The van der Waals surface area contributed by atoms with Crippen LogP contribution in [0.25, 0.3) is 0 Å². The smallest absolute Gasteiger partial charge is 0.261 e. The fourth-order valence-electron chi connectivity index (χ4n) is 4.18. The molecule has 2 N–H and O–H groups in total. The fraction of sp³-hybridized carbons (Fsp3) is 0.350. The number of hydrogen-bond donors (Lipinski definition) is 2. The summed E-state index contributed by atoms with van der Waals surface area (Å²) < 4.78 is 33.4. The van der Waals surface area contributed by atoms with Gasteiger partial charge in [-0.25, -0.2) is 8.42 Å². The van der Waals surface area contributed by atoms with Gasteiger partial charge in [-0.15, -0.1) is 0 Å². The number of benzene rings is 2. The van der Waals surface area contributed by atoms with Gasteiger partial charge in [-0.3, -0.25) is 9.52 Å². The summed E-state index contributed by atoms with van der Waals surface area (Å²) in [7, 11) is -2.19. The van der Waals surface area contributed by atoms with Gasteiger partial charge in [-0.2, -0.15) is 0 Å². The van der Waals surface area contributed by atoms with Crippen LogP contribution in [0.4, 0.5) is 11.4 Å². The minimum absolute atomic E-state index is 0.0285. The molecule has 1 aliphatic heterocycles. The molecular weight excluding hydrogens is 364 g/mol. The van der Waals surface area contributed by atoms with E-state index >= 15 is 0 Å². The maximum atomic E-state index is 12.8. The number of carbonyl (C=O) groups is 1. The number of aryl methyl sites for hydroxylation is 1. The molecule has 1 amide bonds. The van der Waals surface area contributed by atoms with Gasteiger partial charge in [-0.05, 0) is 67.3 Å². The summed E-state index contributed by atoms with van der Waals surface area (Å²) in [6.07, 6.45) is 3.63. The van der Waals surface area contributed by atoms with Crippen molar-refractivity contribution < 1.29 is 17.9 Å². The average molecular weight is 386 g/mol. The fourth-order valence-corrected chi connectivity index (χ4v) is 5.32. The summed E-state index contributed by atoms with van der Waals surface area (Å²) in [5.74, 6) is 0.667. The molecule has 2 aromatic carbocycles. The lowest BCUT2D eigenvalue weighted by Crippen LogP contribution is -2.31. The topological polar surface area (TPSA) is 84.5 Å². The van der Waals surface area contributed by atoms with Gasteiger partial charge in [0.15, 0.2) is 0 Å². The summed E-state index contributed by atoms with van der Waals surface area (Å²) >= 11 is 0. The maximum Gasteiger partial charge on any atom is 0.261 e. The van der Waals surface area contributed by atoms with Crippen LogP contribution in [-0.4, -0.2) is 21.4 Å². The predicted molar refractivity (Wildman–Crippen MR) is 104 cm³/mol. The zero-order valence-electron chi connectivity index (χ0n) is 15.3. The Labute approximate surface area is 159 Å². The minimum atomic E-state index is -3.74. The second kappa shape index (κ2) is 6.27. The Morgan fingerprint density at radius 2 is 1.85 bits per heavy atom. The Hall–Kier alpha value is -2.54. The largest absolute Gasteiger partial charge is 0.496 e. The van der Waals surface area contributed by atoms with Crippen LogP contribution in [0.15, 0.2) is 41.3 Å². The normalized spacial score (nSPS) is 17.6. The van der Waals surface area contributed by atoms with Gasteiger partial charge in [0.2, 0.25) is 5.91 Å². The van der Waals surface area contributed by atoms with Gasteiger partial charge in [0.05, 0.1) is 17.4 Å². The molecule has 27 heavy (non-hydrogen) atoms. The van der Waals surface area contributed by atoms with Gasteiger partial charge in [0.25, 0.3) is 10.0 Å². The molecule has 4 rings (SSSR count). The van der Waals surface area contributed by atoms with Crippen molar-refractivity contribution in [3.63, 3.8) is 0 Å². The van der Waals surface area contributed by atoms with Crippen LogP contribution >= 0.6 is 0 Å². The van der Waals surface area contributed by atoms with Crippen molar-refractivity contribution in [2.24, 2.45) is 0 Å². The second-order valence-corrected chi connectivity index (χ2v) is 8.92. The zero-order chi connectivity index (χ0) is 19.2. The maximum absolute atomic E-state index is 12.8. The molecule has 142 valence electrons. The van der Waals surface area contributed by atoms with Crippen LogP contribution in [0.2, 0.25) is 0 Å². The van der Waals surface area contributed by atoms with Crippen molar-refractivity contribution in [2.75, 3.05) is 17.1 Å². The number of anilines is 2. The van der Waals surface area contributed by atoms with Crippen LogP contribution < -0.4 is 14.8 Å². The van der Waals surface area contributed by atoms with Gasteiger partial charge >= 0.3 is 0 Å². The van der Waals surface area contributed by atoms with Crippen molar-refractivity contribution in [3.8, 4) is 5.75 Å². The van der Waals surface area contributed by atoms with E-state index in [0.717, 1.165) is 42.5 Å². The first-order chi connectivity index (χ1) is 12.9. The lowest BCUT2D eigenvalue weighted by Gasteiger charge is -2.21. The van der Waals surface area contributed by atoms with Gasteiger partial charge in [0, 0.05) is 11.4 Å². The standard InChI is InChI=1S/C20H22N2O4S/c1-13-11-15(6-8-18(13)26-2)27(24,25)22-14-5-7-17-16(12-14)20(19(23)21-17)9-3-4-10-20/h5-8,11-12,22H,3-4,9-10H2,1-2H3,(H,21,23). The van der Waals surface area contributed by atoms with Crippen LogP contribution in [0.3, 0.4) is 0 Å². The first-order valence-corrected chi connectivity index (χ1v) is 10.5. The number of nitrogens with one attached hydrogen (secondary N) is 2. The molecule has 1 fully saturated rings. The van der Waals surface area contributed by atoms with Gasteiger partial charge in [0.1, 0.15) is 5.75 Å². The van der Waals surface area contributed by atoms with E-state index in [2.05, 4.69) is 10.0 Å². The summed E-state index contributed by atoms with van der Waals surface area (Å²) in [5.41, 5.74) is 2.38. The first-order valence-electron chi connectivity index (χ1n) is 8.99. The third-order valence-corrected chi connectivity index (χ3v) is 6.98. The van der Waals surface area contributed by atoms with Crippen molar-refractivity contribution >= 4 is 27.3 Å². The monoisotopic (exact) mass is 386 g/mol. The van der Waals surface area contributed by atoms with Crippen molar-refractivity contribution in [3.05, 3.63) is 47.5 Å². The average Bonchev–Trinajstić information content (AvgIpc) is 3.22. The molecule has 0 atom stereocenters. The number of amides is 1. The SMILES string of the molecule is COc1ccc(S(=O)(=O)Nc2ccc3c(c2)C2(CCCC2)C(=O)N3)cc1C. The van der Waals surface area contributed by atoms with Crippen LogP contribution in [-0.2, 0) is 20.2 Å². The molecule has 0 aromatic heterocycles. The Balaban J connectivity index is 1.67. The van der Waals surface area contributed by atoms with Crippen molar-refractivity contribution in [1.82, 2.24) is 0 Å². The van der Waals surface area contributed by atoms with E-state index in [0.29, 0.717) is 11.4 Å². The van der Waals surface area contributed by atoms with Crippen molar-refractivity contribution in [1.29, 1.82) is 0 Å². The molecule has 0 radical (unpaired) electrons. The number of methoxy groups -OCH3 is 1. The van der Waals surface area contributed by atoms with Crippen LogP contribution in [0, 0.1) is 6.92 Å². The second-order valence-electron chi connectivity index (χ2n) is 7.24. The zero-order valence-corrected chi connectivity index (χ0v) is 16.2. The van der Waals surface area contributed by atoms with Crippen LogP contribution in [0.5, 0.6) is 5.75 Å². The van der Waals surface area contributed by atoms with Crippen molar-refractivity contribution in [2.45, 2.75) is 42.9 Å². The van der Waals surface area contributed by atoms with E-state index < -0.39 is 15.4 Å². The molecular formula is C20H22N2O4S. The van der Waals surface area contributed by atoms with Crippen LogP contribution in [0.1, 0.15) is 36.8 Å². The lowest BCUT2D eigenvalue weighted by atomic mass is 9.80. The molecule has 0 saturated heterocycles. The number of sulfonamides is 1. The van der Waals surface area contributed by atoms with E-state index in [9.17, 15) is 13.2 Å². The summed E-state index contributed by atoms with van der Waals surface area (Å²) in [6.45, 7) is 1.80. The summed E-state index contributed by atoms with van der Waals surface area (Å²) in [4.78, 5) is 12.7. The Morgan fingerprint density at radius 3 is 2.52 bits per heavy atom. The van der Waals surface area contributed by atoms with E-state index in [1.165, 1.54) is 6.07 Å². The Morgan fingerprint density at radius 1 is 1.11 bits per heavy atom. The highest BCUT2D eigenvalue weighted by molar-refractivity contribution is 7.92. The highest BCUT2D eigenvalue weighted by atomic mass is 32.2. The number of ether oxygens (including phenoxy) is 1. The minimum Gasteiger partial charge on any atom is -0.496 e. The number of carbonyl (C=O) groups excluding carboxylic acids is 1. The Kier molecular flexibility index (Phi) is 4.14. The summed E-state index contributed by atoms with van der Waals surface area (Å²) in [5, 5.41) is 2.94. The van der Waals surface area contributed by atoms with E-state index in [1.807, 2.05) is 0 Å². The molecule has 6 nitrogen and oxygen atoms in total. The third-order valence-electron chi connectivity index (χ3n) is 5.60. The molecule has 1 aliphatic carbocycles. The first kappa shape index (κ1) is 17.9. The molecule has 1 spiro atoms. The summed E-state index contributed by atoms with van der Waals surface area (Å²) in [6, 6.07) is 10.00. The molecule has 2 aromatic rings. The number of hydrogen-bond acceptors (Lipinski definition) is 4. The quantitative estimate of drug-likeness (QED) is 0.841. The van der Waals surface area contributed by atoms with E-state index in [-0.39, 0.29) is 10.8 Å². The lowest BCUT2D eigenvalue weighted by molar-refractivity contribution is -0.120. The molecule has 7 heteroatoms. The van der Waals surface area contributed by atoms with E-state index in [1.54, 1.807) is 44.4 Å².